The van der Waals surface area contributed by atoms with Crippen molar-refractivity contribution in [1.82, 2.24) is 35.1 Å². The lowest BCUT2D eigenvalue weighted by Gasteiger charge is -2.42. The first-order chi connectivity index (χ1) is 29.6. The number of esters is 1. The van der Waals surface area contributed by atoms with E-state index in [1.54, 1.807) is 32.4 Å². The van der Waals surface area contributed by atoms with E-state index >= 15 is 0 Å². The smallest absolute Gasteiger partial charge is 0.324 e. The minimum atomic E-state index is -1.01. The highest BCUT2D eigenvalue weighted by Gasteiger charge is 2.40. The quantitative estimate of drug-likeness (QED) is 0.177. The third-order valence-electron chi connectivity index (χ3n) is 12.7. The van der Waals surface area contributed by atoms with E-state index < -0.39 is 35.4 Å². The number of nitrogens with zero attached hydrogens (tertiary/aromatic N) is 5. The molecule has 3 aliphatic rings. The van der Waals surface area contributed by atoms with Crippen molar-refractivity contribution in [3.05, 3.63) is 77.6 Å². The summed E-state index contributed by atoms with van der Waals surface area (Å²) in [5, 5.41) is 5.60. The third kappa shape index (κ3) is 11.8. The highest BCUT2D eigenvalue weighted by Crippen LogP contribution is 2.42. The Hall–Kier alpha value is -3.91. The molecule has 3 aliphatic heterocycles. The van der Waals surface area contributed by atoms with Gasteiger partial charge in [-0.05, 0) is 85.5 Å². The summed E-state index contributed by atoms with van der Waals surface area (Å²) < 4.78 is 19.6. The maximum atomic E-state index is 14.6. The van der Waals surface area contributed by atoms with Gasteiger partial charge in [-0.25, -0.2) is 10.2 Å². The lowest BCUT2D eigenvalue weighted by atomic mass is 9.84. The Morgan fingerprint density at radius 3 is 2.38 bits per heavy atom. The molecular weight excluding hydrogens is 915 g/mol. The lowest BCUT2D eigenvalue weighted by Crippen LogP contribution is -2.64. The lowest BCUT2D eigenvalue weighted by molar-refractivity contribution is -0.155. The van der Waals surface area contributed by atoms with Gasteiger partial charge in [0.15, 0.2) is 0 Å². The van der Waals surface area contributed by atoms with Crippen molar-refractivity contribution in [3.8, 4) is 22.4 Å². The average molecular weight is 986 g/mol. The van der Waals surface area contributed by atoms with Gasteiger partial charge in [0.2, 0.25) is 5.91 Å². The number of urea groups is 1. The largest absolute Gasteiger partial charge is 0.464 e. The number of rotatable bonds is 9. The Morgan fingerprint density at radius 1 is 1.00 bits per heavy atom. The maximum absolute atomic E-state index is 14.6. The Bertz CT molecular complexity index is 2320. The summed E-state index contributed by atoms with van der Waals surface area (Å²) in [4.78, 5) is 64.2. The number of carbonyl (C=O) groups is 4. The second-order valence-corrected chi connectivity index (χ2v) is 18.2. The normalized spacial score (nSPS) is 19.4. The number of likely N-dealkylation sites (N-methyl/N-ethyl adjacent to an activating group) is 1. The zero-order valence-electron chi connectivity index (χ0n) is 39.7. The van der Waals surface area contributed by atoms with Crippen molar-refractivity contribution in [1.29, 1.82) is 0 Å². The van der Waals surface area contributed by atoms with Gasteiger partial charge in [0, 0.05) is 68.9 Å². The van der Waals surface area contributed by atoms with Crippen LogP contribution in [0.1, 0.15) is 77.3 Å². The van der Waals surface area contributed by atoms with Crippen LogP contribution in [0.4, 0.5) is 4.79 Å². The molecule has 4 aromatic rings. The van der Waals surface area contributed by atoms with Crippen LogP contribution in [0.15, 0.2) is 60.8 Å². The number of hydrogen-bond donors (Lipinski definition) is 2. The van der Waals surface area contributed by atoms with Crippen LogP contribution < -0.4 is 10.7 Å². The van der Waals surface area contributed by atoms with Crippen molar-refractivity contribution in [2.24, 2.45) is 11.3 Å². The molecule has 7 rings (SSSR count). The van der Waals surface area contributed by atoms with Crippen LogP contribution in [0.3, 0.4) is 0 Å². The molecule has 0 radical (unpaired) electrons. The zero-order valence-corrected chi connectivity index (χ0v) is 43.7. The van der Waals surface area contributed by atoms with Crippen LogP contribution in [0.2, 0.25) is 0 Å². The third-order valence-corrected chi connectivity index (χ3v) is 12.7. The summed E-state index contributed by atoms with van der Waals surface area (Å²) >= 11 is 0. The fourth-order valence-corrected chi connectivity index (χ4v) is 9.25. The van der Waals surface area contributed by atoms with Crippen molar-refractivity contribution in [2.45, 2.75) is 104 Å². The molecule has 0 saturated carbocycles. The van der Waals surface area contributed by atoms with E-state index in [2.05, 4.69) is 72.5 Å². The number of carbonyl (C=O) groups excluding carboxylic acids is 4. The van der Waals surface area contributed by atoms with Gasteiger partial charge in [0.25, 0.3) is 5.91 Å². The fourth-order valence-electron chi connectivity index (χ4n) is 9.25. The number of fused-ring (bicyclic) bond motifs is 6. The second kappa shape index (κ2) is 23.9. The number of hydrogen-bond acceptors (Lipinski definition) is 9. The standard InChI is InChI=1S/C48H63N7O7.4H2S/c1-10-54-40-19-18-33-24-36(40)37(43(54)35-16-12-20-49-41(35)30(4)60-8)25-48(5,6)28-62-46(58)38-17-13-21-55(51-38)45(57)39(23-31-14-11-15-32(33)22-31)50-44(56)42(29(2)3)52(7)47(59)53-26-34(27-53)61-9;;;;/h11-12,14-16,18-20,22,24,29-30,34,38-39,42,51H,10,13,17,21,23,25-28H2,1-9H3,(H,50,56);4*1H2/t30-,38-,39-,42-;;;;/m0..../s1. The van der Waals surface area contributed by atoms with Gasteiger partial charge in [-0.1, -0.05) is 58.0 Å². The molecule has 4 atom stereocenters. The molecule has 18 heteroatoms. The molecule has 2 aromatic carbocycles. The number of nitrogens with one attached hydrogen (secondary N) is 2. The average Bonchev–Trinajstić information content (AvgIpc) is 3.55. The number of aromatic nitrogens is 2. The minimum absolute atomic E-state index is 0. The van der Waals surface area contributed by atoms with Gasteiger partial charge >= 0.3 is 12.0 Å². The Morgan fingerprint density at radius 2 is 1.71 bits per heavy atom. The number of likely N-dealkylation sites (tertiary alicyclic amines) is 1. The Balaban J connectivity index is 0.00000289. The molecule has 66 heavy (non-hydrogen) atoms. The zero-order chi connectivity index (χ0) is 44.5. The van der Waals surface area contributed by atoms with E-state index in [1.807, 2.05) is 39.0 Å². The molecule has 0 spiro atoms. The van der Waals surface area contributed by atoms with E-state index in [4.69, 9.17) is 19.2 Å². The van der Waals surface area contributed by atoms with E-state index in [9.17, 15) is 19.2 Å². The van der Waals surface area contributed by atoms with Crippen LogP contribution in [0.25, 0.3) is 33.3 Å². The number of cyclic esters (lactones) is 1. The molecule has 0 unspecified atom stereocenters. The van der Waals surface area contributed by atoms with Gasteiger partial charge in [-0.2, -0.15) is 54.0 Å². The van der Waals surface area contributed by atoms with Gasteiger partial charge < -0.3 is 33.9 Å². The number of hydrazine groups is 1. The number of methoxy groups -OCH3 is 2. The molecule has 2 saturated heterocycles. The summed E-state index contributed by atoms with van der Waals surface area (Å²) in [5.74, 6) is -1.50. The van der Waals surface area contributed by atoms with Gasteiger partial charge in [0.05, 0.1) is 43.3 Å². The predicted molar refractivity (Wildman–Crippen MR) is 279 cm³/mol. The molecule has 2 fully saturated rings. The number of benzene rings is 2. The van der Waals surface area contributed by atoms with E-state index in [0.717, 1.165) is 50.1 Å². The SMILES string of the molecule is CCn1c(-c2cccnc2[C@H](C)OC)c2c3cc(ccc31)-c1cccc(c1)C[C@H](NC(=O)[C@H](C(C)C)N(C)C(=O)N1CC(OC)C1)C(=O)N1CCC[C@H](N1)C(=O)OCC(C)(C)C2.S.S.S.S. The molecule has 5 heterocycles. The van der Waals surface area contributed by atoms with Crippen molar-refractivity contribution >= 4 is 88.7 Å². The molecule has 2 aromatic heterocycles. The van der Waals surface area contributed by atoms with Gasteiger partial charge in [-0.3, -0.25) is 24.4 Å². The summed E-state index contributed by atoms with van der Waals surface area (Å²) in [6.07, 6.45) is 3.35. The Kier molecular flexibility index (Phi) is 20.4. The van der Waals surface area contributed by atoms with E-state index in [0.29, 0.717) is 45.4 Å². The highest BCUT2D eigenvalue weighted by molar-refractivity contribution is 7.59. The Labute approximate surface area is 418 Å². The molecule has 6 bridgehead atoms. The molecule has 0 aliphatic carbocycles. The van der Waals surface area contributed by atoms with Crippen molar-refractivity contribution in [2.75, 3.05) is 47.5 Å². The first kappa shape index (κ1) is 56.4. The van der Waals surface area contributed by atoms with Crippen molar-refractivity contribution < 1.29 is 33.4 Å². The van der Waals surface area contributed by atoms with Crippen LogP contribution in [-0.4, -0.2) is 120 Å². The second-order valence-electron chi connectivity index (χ2n) is 18.2. The first-order valence-corrected chi connectivity index (χ1v) is 22.0. The van der Waals surface area contributed by atoms with Crippen molar-refractivity contribution in [3.63, 3.8) is 0 Å². The van der Waals surface area contributed by atoms with Crippen LogP contribution in [0.5, 0.6) is 0 Å². The van der Waals surface area contributed by atoms with Crippen LogP contribution >= 0.6 is 54.0 Å². The molecule has 2 N–H and O–H groups in total. The number of ether oxygens (including phenoxy) is 3. The summed E-state index contributed by atoms with van der Waals surface area (Å²) in [7, 11) is 4.94. The minimum Gasteiger partial charge on any atom is -0.464 e. The number of pyridine rings is 1. The summed E-state index contributed by atoms with van der Waals surface area (Å²) in [5.41, 5.74) is 10.6. The number of amides is 4. The predicted octanol–water partition coefficient (Wildman–Crippen LogP) is 6.60. The van der Waals surface area contributed by atoms with Crippen LogP contribution in [-0.2, 0) is 48.0 Å². The van der Waals surface area contributed by atoms with E-state index in [1.165, 1.54) is 9.91 Å². The molecule has 364 valence electrons. The van der Waals surface area contributed by atoms with Crippen LogP contribution in [0, 0.1) is 11.3 Å². The topological polar surface area (TPSA) is 148 Å². The van der Waals surface area contributed by atoms with E-state index in [-0.39, 0.29) is 97.1 Å². The molecular formula is C48H71N7O7S4. The van der Waals surface area contributed by atoms with Gasteiger partial charge in [0.1, 0.15) is 18.1 Å². The first-order valence-electron chi connectivity index (χ1n) is 22.0. The highest BCUT2D eigenvalue weighted by atomic mass is 32.1. The molecule has 4 amide bonds. The summed E-state index contributed by atoms with van der Waals surface area (Å²) in [6.45, 7) is 14.3. The summed E-state index contributed by atoms with van der Waals surface area (Å²) in [6, 6.07) is 15.8. The fraction of sp³-hybridized carbons (Fsp3) is 0.521. The van der Waals surface area contributed by atoms with Gasteiger partial charge in [-0.15, -0.1) is 0 Å². The number of aryl methyl sites for hydroxylation is 1. The molecule has 14 nitrogen and oxygen atoms in total. The maximum Gasteiger partial charge on any atom is 0.324 e. The monoisotopic (exact) mass is 985 g/mol.